The second-order valence-electron chi connectivity index (χ2n) is 4.94. The van der Waals surface area contributed by atoms with Gasteiger partial charge in [-0.3, -0.25) is 4.79 Å². The first kappa shape index (κ1) is 15.3. The van der Waals surface area contributed by atoms with E-state index >= 15 is 0 Å². The van der Waals surface area contributed by atoms with Gasteiger partial charge in [-0.2, -0.15) is 0 Å². The molecule has 0 fully saturated rings. The van der Waals surface area contributed by atoms with Crippen molar-refractivity contribution in [2.45, 2.75) is 32.9 Å². The molecule has 0 spiro atoms. The molecule has 0 unspecified atom stereocenters. The Morgan fingerprint density at radius 2 is 2.38 bits per heavy atom. The van der Waals surface area contributed by atoms with Crippen LogP contribution in [0, 0.1) is 6.92 Å². The van der Waals surface area contributed by atoms with E-state index in [0.29, 0.717) is 13.2 Å². The molecule has 0 aromatic carbocycles. The van der Waals surface area contributed by atoms with Crippen molar-refractivity contribution in [2.24, 2.45) is 0 Å². The Morgan fingerprint density at radius 1 is 1.57 bits per heavy atom. The molecule has 1 atom stereocenters. The van der Waals surface area contributed by atoms with Crippen molar-refractivity contribution in [1.29, 1.82) is 0 Å². The van der Waals surface area contributed by atoms with Gasteiger partial charge in [0.25, 0.3) is 0 Å². The number of amides is 1. The number of carbonyl (C=O) groups is 1. The number of carbonyl (C=O) groups excluding carboxylic acids is 1. The lowest BCUT2D eigenvalue weighted by molar-refractivity contribution is -0.131. The number of fused-ring (bicyclic) bond motifs is 1. The summed E-state index contributed by atoms with van der Waals surface area (Å²) in [6.07, 6.45) is 3.98. The maximum absolute atomic E-state index is 11.9. The van der Waals surface area contributed by atoms with E-state index in [1.54, 1.807) is 13.0 Å². The average Bonchev–Trinajstić information content (AvgIpc) is 2.89. The highest BCUT2D eigenvalue weighted by molar-refractivity contribution is 5.80. The van der Waals surface area contributed by atoms with Crippen molar-refractivity contribution in [1.82, 2.24) is 14.7 Å². The van der Waals surface area contributed by atoms with Crippen molar-refractivity contribution in [3.05, 3.63) is 48.4 Å². The number of hydrogen-bond donors (Lipinski definition) is 1. The molecule has 2 heterocycles. The van der Waals surface area contributed by atoms with Gasteiger partial charge in [0, 0.05) is 11.9 Å². The number of ether oxygens (including phenoxy) is 1. The van der Waals surface area contributed by atoms with Crippen LogP contribution in [0.5, 0.6) is 0 Å². The van der Waals surface area contributed by atoms with Crippen molar-refractivity contribution in [3.8, 4) is 0 Å². The second-order valence-corrected chi connectivity index (χ2v) is 4.94. The van der Waals surface area contributed by atoms with Gasteiger partial charge in [-0.1, -0.05) is 12.1 Å². The SMILES string of the molecule is C=CCCO[C@@H](C)C(=O)NCc1cn2c(C)cccc2n1. The number of nitrogens with one attached hydrogen (secondary N) is 1. The van der Waals surface area contributed by atoms with Crippen LogP contribution < -0.4 is 5.32 Å². The zero-order valence-electron chi connectivity index (χ0n) is 12.5. The maximum Gasteiger partial charge on any atom is 0.249 e. The zero-order chi connectivity index (χ0) is 15.2. The summed E-state index contributed by atoms with van der Waals surface area (Å²) in [4.78, 5) is 16.4. The average molecular weight is 287 g/mol. The molecule has 0 saturated heterocycles. The zero-order valence-corrected chi connectivity index (χ0v) is 12.5. The minimum Gasteiger partial charge on any atom is -0.368 e. The van der Waals surface area contributed by atoms with Gasteiger partial charge in [-0.15, -0.1) is 6.58 Å². The van der Waals surface area contributed by atoms with E-state index in [2.05, 4.69) is 16.9 Å². The number of aryl methyl sites for hydroxylation is 1. The highest BCUT2D eigenvalue weighted by Crippen LogP contribution is 2.08. The fourth-order valence-corrected chi connectivity index (χ4v) is 2.01. The Balaban J connectivity index is 1.90. The molecule has 5 heteroatoms. The van der Waals surface area contributed by atoms with Crippen LogP contribution in [0.4, 0.5) is 0 Å². The van der Waals surface area contributed by atoms with Crippen LogP contribution in [-0.4, -0.2) is 28.0 Å². The van der Waals surface area contributed by atoms with Gasteiger partial charge >= 0.3 is 0 Å². The summed E-state index contributed by atoms with van der Waals surface area (Å²) in [5.41, 5.74) is 2.82. The molecular formula is C16H21N3O2. The van der Waals surface area contributed by atoms with Crippen LogP contribution in [0.1, 0.15) is 24.7 Å². The summed E-state index contributed by atoms with van der Waals surface area (Å²) in [5, 5.41) is 2.84. The highest BCUT2D eigenvalue weighted by atomic mass is 16.5. The first-order valence-electron chi connectivity index (χ1n) is 7.05. The van der Waals surface area contributed by atoms with E-state index in [1.807, 2.05) is 35.7 Å². The highest BCUT2D eigenvalue weighted by Gasteiger charge is 2.13. The Kier molecular flexibility index (Phi) is 5.11. The molecule has 0 saturated carbocycles. The summed E-state index contributed by atoms with van der Waals surface area (Å²) in [7, 11) is 0. The number of imidazole rings is 1. The second kappa shape index (κ2) is 7.04. The molecule has 0 radical (unpaired) electrons. The van der Waals surface area contributed by atoms with E-state index in [4.69, 9.17) is 4.74 Å². The molecule has 0 bridgehead atoms. The maximum atomic E-state index is 11.9. The molecule has 1 N–H and O–H groups in total. The van der Waals surface area contributed by atoms with Crippen LogP contribution in [-0.2, 0) is 16.1 Å². The van der Waals surface area contributed by atoms with Crippen LogP contribution in [0.15, 0.2) is 37.1 Å². The molecule has 1 amide bonds. The third kappa shape index (κ3) is 3.92. The lowest BCUT2D eigenvalue weighted by Crippen LogP contribution is -2.34. The summed E-state index contributed by atoms with van der Waals surface area (Å²) >= 11 is 0. The minimum absolute atomic E-state index is 0.132. The predicted molar refractivity (Wildman–Crippen MR) is 82.0 cm³/mol. The van der Waals surface area contributed by atoms with Gasteiger partial charge in [0.2, 0.25) is 5.91 Å². The number of pyridine rings is 1. The topological polar surface area (TPSA) is 55.6 Å². The van der Waals surface area contributed by atoms with Crippen molar-refractivity contribution in [3.63, 3.8) is 0 Å². The number of hydrogen-bond acceptors (Lipinski definition) is 3. The lowest BCUT2D eigenvalue weighted by atomic mass is 10.3. The van der Waals surface area contributed by atoms with Gasteiger partial charge in [-0.05, 0) is 32.4 Å². The molecule has 2 rings (SSSR count). The first-order valence-corrected chi connectivity index (χ1v) is 7.05. The van der Waals surface area contributed by atoms with E-state index in [0.717, 1.165) is 23.5 Å². The fourth-order valence-electron chi connectivity index (χ4n) is 2.01. The molecule has 0 aliphatic rings. The molecule has 2 aromatic rings. The van der Waals surface area contributed by atoms with Gasteiger partial charge in [0.1, 0.15) is 11.8 Å². The Hall–Kier alpha value is -2.14. The molecule has 2 aromatic heterocycles. The molecular weight excluding hydrogens is 266 g/mol. The summed E-state index contributed by atoms with van der Waals surface area (Å²) in [5.74, 6) is -0.132. The largest absolute Gasteiger partial charge is 0.368 e. The molecule has 0 aliphatic carbocycles. The van der Waals surface area contributed by atoms with Gasteiger partial charge in [-0.25, -0.2) is 4.98 Å². The van der Waals surface area contributed by atoms with Crippen LogP contribution in [0.2, 0.25) is 0 Å². The quantitative estimate of drug-likeness (QED) is 0.627. The van der Waals surface area contributed by atoms with Crippen molar-refractivity contribution >= 4 is 11.6 Å². The third-order valence-corrected chi connectivity index (χ3v) is 3.25. The Morgan fingerprint density at radius 3 is 3.10 bits per heavy atom. The van der Waals surface area contributed by atoms with E-state index < -0.39 is 6.10 Å². The Bertz CT molecular complexity index is 633. The van der Waals surface area contributed by atoms with Crippen LogP contribution in [0.25, 0.3) is 5.65 Å². The monoisotopic (exact) mass is 287 g/mol. The molecule has 5 nitrogen and oxygen atoms in total. The van der Waals surface area contributed by atoms with Gasteiger partial charge in [0.05, 0.1) is 18.8 Å². The minimum atomic E-state index is -0.469. The van der Waals surface area contributed by atoms with Crippen molar-refractivity contribution < 1.29 is 9.53 Å². The van der Waals surface area contributed by atoms with Crippen LogP contribution in [0.3, 0.4) is 0 Å². The molecule has 21 heavy (non-hydrogen) atoms. The standard InChI is InChI=1S/C16H21N3O2/c1-4-5-9-21-13(3)16(20)17-10-14-11-19-12(2)7-6-8-15(19)18-14/h4,6-8,11,13H,1,5,9-10H2,2-3H3,(H,17,20)/t13-/m0/s1. The molecule has 0 aliphatic heterocycles. The summed E-state index contributed by atoms with van der Waals surface area (Å²) in [6, 6.07) is 5.93. The summed E-state index contributed by atoms with van der Waals surface area (Å²) < 4.78 is 7.41. The predicted octanol–water partition coefficient (Wildman–Crippen LogP) is 2.24. The smallest absolute Gasteiger partial charge is 0.249 e. The normalized spacial score (nSPS) is 12.3. The lowest BCUT2D eigenvalue weighted by Gasteiger charge is -2.11. The number of rotatable bonds is 7. The van der Waals surface area contributed by atoms with E-state index in [1.165, 1.54) is 0 Å². The van der Waals surface area contributed by atoms with Crippen LogP contribution >= 0.6 is 0 Å². The van der Waals surface area contributed by atoms with Gasteiger partial charge in [0.15, 0.2) is 0 Å². The number of aromatic nitrogens is 2. The fraction of sp³-hybridized carbons (Fsp3) is 0.375. The molecule has 112 valence electrons. The number of nitrogens with zero attached hydrogens (tertiary/aromatic N) is 2. The van der Waals surface area contributed by atoms with E-state index in [-0.39, 0.29) is 5.91 Å². The van der Waals surface area contributed by atoms with E-state index in [9.17, 15) is 4.79 Å². The van der Waals surface area contributed by atoms with Crippen molar-refractivity contribution in [2.75, 3.05) is 6.61 Å². The Labute approximate surface area is 124 Å². The third-order valence-electron chi connectivity index (χ3n) is 3.25. The summed E-state index contributed by atoms with van der Waals surface area (Å²) in [6.45, 7) is 8.28. The van der Waals surface area contributed by atoms with Gasteiger partial charge < -0.3 is 14.5 Å². The first-order chi connectivity index (χ1) is 10.1.